The molecule has 2 amide bonds. The number of benzene rings is 3. The lowest BCUT2D eigenvalue weighted by molar-refractivity contribution is -0.137. The summed E-state index contributed by atoms with van der Waals surface area (Å²) in [6.07, 6.45) is 1.58. The maximum atomic E-state index is 14.7. The fraction of sp³-hybridized carbons (Fsp3) is 0.323. The van der Waals surface area contributed by atoms with Crippen molar-refractivity contribution in [2.75, 3.05) is 24.3 Å². The van der Waals surface area contributed by atoms with Gasteiger partial charge in [-0.05, 0) is 62.6 Å². The molecule has 192 valence electrons. The molecule has 4 atom stereocenters. The normalized spacial score (nSPS) is 28.8. The number of nitrogens with one attached hydrogen (secondary N) is 2. The Morgan fingerprint density at radius 3 is 2.61 bits per heavy atom. The van der Waals surface area contributed by atoms with Crippen molar-refractivity contribution in [3.05, 3.63) is 88.5 Å². The van der Waals surface area contributed by atoms with Gasteiger partial charge in [-0.3, -0.25) is 19.3 Å². The van der Waals surface area contributed by atoms with E-state index >= 15 is 0 Å². The number of carbonyl (C=O) groups is 3. The van der Waals surface area contributed by atoms with Gasteiger partial charge in [0.2, 0.25) is 5.91 Å². The van der Waals surface area contributed by atoms with E-state index in [1.54, 1.807) is 31.4 Å². The molecular formula is C31H29N3O4. The molecule has 2 spiro atoms. The first-order valence-electron chi connectivity index (χ1n) is 13.1. The number of aryl methyl sites for hydroxylation is 2. The number of amides is 2. The van der Waals surface area contributed by atoms with Crippen LogP contribution in [0.3, 0.4) is 0 Å². The predicted molar refractivity (Wildman–Crippen MR) is 144 cm³/mol. The maximum absolute atomic E-state index is 14.7. The van der Waals surface area contributed by atoms with E-state index in [1.165, 1.54) is 0 Å². The maximum Gasteiger partial charge on any atom is 0.251 e. The van der Waals surface area contributed by atoms with Crippen LogP contribution in [0.2, 0.25) is 0 Å². The Morgan fingerprint density at radius 2 is 1.79 bits per heavy atom. The van der Waals surface area contributed by atoms with Crippen LogP contribution in [-0.2, 0) is 20.5 Å². The van der Waals surface area contributed by atoms with Crippen LogP contribution >= 0.6 is 0 Å². The second-order valence-corrected chi connectivity index (χ2v) is 11.0. The first-order valence-corrected chi connectivity index (χ1v) is 13.1. The van der Waals surface area contributed by atoms with E-state index in [0.717, 1.165) is 35.2 Å². The van der Waals surface area contributed by atoms with Crippen molar-refractivity contribution in [2.24, 2.45) is 5.92 Å². The molecule has 7 heteroatoms. The van der Waals surface area contributed by atoms with E-state index in [2.05, 4.69) is 15.5 Å². The van der Waals surface area contributed by atoms with Gasteiger partial charge in [0, 0.05) is 28.5 Å². The number of para-hydroxylation sites is 1. The molecule has 0 radical (unpaired) electrons. The van der Waals surface area contributed by atoms with Crippen LogP contribution in [0, 0.1) is 19.8 Å². The van der Waals surface area contributed by atoms with E-state index in [9.17, 15) is 14.4 Å². The number of fused-ring (bicyclic) bond motifs is 7. The number of hydrogen-bond acceptors (Lipinski definition) is 5. The van der Waals surface area contributed by atoms with Crippen molar-refractivity contribution in [3.8, 4) is 5.75 Å². The minimum Gasteiger partial charge on any atom is -0.497 e. The summed E-state index contributed by atoms with van der Waals surface area (Å²) in [6, 6.07) is 18.4. The van der Waals surface area contributed by atoms with Gasteiger partial charge >= 0.3 is 0 Å². The Morgan fingerprint density at radius 1 is 0.974 bits per heavy atom. The SMILES string of the molecule is COc1cccc(C(=O)[C@@H]2[C@@H]3CCCN3[C@]3(C(=O)Nc4c(C)cc(C)cc43)[C@@]23C(=O)Nc2ccccc23)c1. The Kier molecular flexibility index (Phi) is 4.74. The molecule has 4 aliphatic rings. The predicted octanol–water partition coefficient (Wildman–Crippen LogP) is 4.33. The molecule has 38 heavy (non-hydrogen) atoms. The van der Waals surface area contributed by atoms with E-state index in [-0.39, 0.29) is 23.6 Å². The van der Waals surface area contributed by atoms with Gasteiger partial charge in [0.15, 0.2) is 5.78 Å². The minimum absolute atomic E-state index is 0.143. The van der Waals surface area contributed by atoms with E-state index < -0.39 is 16.9 Å². The van der Waals surface area contributed by atoms with Gasteiger partial charge in [-0.25, -0.2) is 0 Å². The largest absolute Gasteiger partial charge is 0.497 e. The van der Waals surface area contributed by atoms with Crippen LogP contribution < -0.4 is 15.4 Å². The van der Waals surface area contributed by atoms with E-state index in [1.807, 2.05) is 50.2 Å². The van der Waals surface area contributed by atoms with Crippen LogP contribution in [0.1, 0.15) is 45.5 Å². The molecule has 4 heterocycles. The van der Waals surface area contributed by atoms with Gasteiger partial charge in [0.1, 0.15) is 16.7 Å². The summed E-state index contributed by atoms with van der Waals surface area (Å²) < 4.78 is 5.43. The standard InChI is InChI=1S/C31H29N3O4/c1-17-14-18(2)26-22(15-17)31(29(37)33-26)30(21-10-4-5-11-23(21)32-28(30)36)25(24-12-7-13-34(24)31)27(35)19-8-6-9-20(16-19)38-3/h4-6,8-11,14-16,24-25H,7,12-13H2,1-3H3,(H,32,36)(H,33,37)/t24-,25-,30+,31+/m0/s1. The molecule has 0 aromatic heterocycles. The lowest BCUT2D eigenvalue weighted by Gasteiger charge is -2.43. The van der Waals surface area contributed by atoms with E-state index in [0.29, 0.717) is 29.1 Å². The molecular weight excluding hydrogens is 478 g/mol. The van der Waals surface area contributed by atoms with Crippen molar-refractivity contribution in [3.63, 3.8) is 0 Å². The van der Waals surface area contributed by atoms with Crippen molar-refractivity contribution >= 4 is 29.0 Å². The highest BCUT2D eigenvalue weighted by Gasteiger charge is 2.81. The second-order valence-electron chi connectivity index (χ2n) is 11.0. The van der Waals surface area contributed by atoms with Crippen LogP contribution in [0.15, 0.2) is 60.7 Å². The molecule has 0 saturated carbocycles. The van der Waals surface area contributed by atoms with Crippen LogP contribution in [-0.4, -0.2) is 42.2 Å². The molecule has 3 aromatic rings. The Balaban J connectivity index is 1.59. The molecule has 7 nitrogen and oxygen atoms in total. The number of methoxy groups -OCH3 is 1. The Bertz CT molecular complexity index is 1560. The molecule has 0 bridgehead atoms. The molecule has 4 aliphatic heterocycles. The third kappa shape index (κ3) is 2.55. The monoisotopic (exact) mass is 507 g/mol. The third-order valence-corrected chi connectivity index (χ3v) is 9.18. The van der Waals surface area contributed by atoms with Gasteiger partial charge < -0.3 is 15.4 Å². The Hall–Kier alpha value is -3.97. The number of rotatable bonds is 3. The number of anilines is 2. The average Bonchev–Trinajstić information content (AvgIpc) is 3.63. The summed E-state index contributed by atoms with van der Waals surface area (Å²) in [5, 5.41) is 6.25. The van der Waals surface area contributed by atoms with Crippen molar-refractivity contribution in [1.29, 1.82) is 0 Å². The summed E-state index contributed by atoms with van der Waals surface area (Å²) in [5.41, 5.74) is 2.56. The summed E-state index contributed by atoms with van der Waals surface area (Å²) in [6.45, 7) is 4.62. The lowest BCUT2D eigenvalue weighted by atomic mass is 9.57. The van der Waals surface area contributed by atoms with Crippen molar-refractivity contribution in [2.45, 2.75) is 43.7 Å². The van der Waals surface area contributed by atoms with Gasteiger partial charge in [-0.2, -0.15) is 0 Å². The van der Waals surface area contributed by atoms with Crippen LogP contribution in [0.25, 0.3) is 0 Å². The topological polar surface area (TPSA) is 87.7 Å². The highest BCUT2D eigenvalue weighted by Crippen LogP contribution is 2.68. The highest BCUT2D eigenvalue weighted by atomic mass is 16.5. The number of carbonyl (C=O) groups excluding carboxylic acids is 3. The number of hydrogen-bond donors (Lipinski definition) is 2. The zero-order valence-corrected chi connectivity index (χ0v) is 21.6. The number of Topliss-reactive ketones (excluding diaryl/α,β-unsaturated/α-hetero) is 1. The zero-order valence-electron chi connectivity index (χ0n) is 21.6. The van der Waals surface area contributed by atoms with Crippen molar-refractivity contribution < 1.29 is 19.1 Å². The molecule has 0 aliphatic carbocycles. The zero-order chi connectivity index (χ0) is 26.4. The average molecular weight is 508 g/mol. The van der Waals surface area contributed by atoms with Crippen LogP contribution in [0.5, 0.6) is 5.75 Å². The third-order valence-electron chi connectivity index (χ3n) is 9.18. The summed E-state index contributed by atoms with van der Waals surface area (Å²) in [4.78, 5) is 45.9. The Labute approximate surface area is 221 Å². The fourth-order valence-electron chi connectivity index (χ4n) is 7.99. The van der Waals surface area contributed by atoms with Crippen molar-refractivity contribution in [1.82, 2.24) is 4.90 Å². The number of nitrogens with zero attached hydrogens (tertiary/aromatic N) is 1. The molecule has 2 saturated heterocycles. The first kappa shape index (κ1) is 23.2. The second kappa shape index (κ2) is 7.77. The lowest BCUT2D eigenvalue weighted by Crippen LogP contribution is -2.62. The molecule has 7 rings (SSSR count). The summed E-state index contributed by atoms with van der Waals surface area (Å²) in [5.74, 6) is -0.863. The van der Waals surface area contributed by atoms with Gasteiger partial charge in [-0.1, -0.05) is 48.0 Å². The highest BCUT2D eigenvalue weighted by molar-refractivity contribution is 6.21. The molecule has 0 unspecified atom stereocenters. The fourth-order valence-corrected chi connectivity index (χ4v) is 7.99. The number of ether oxygens (including phenoxy) is 1. The smallest absolute Gasteiger partial charge is 0.251 e. The molecule has 3 aromatic carbocycles. The van der Waals surface area contributed by atoms with Gasteiger partial charge in [0.25, 0.3) is 5.91 Å². The quantitative estimate of drug-likeness (QED) is 0.516. The van der Waals surface area contributed by atoms with E-state index in [4.69, 9.17) is 4.74 Å². The molecule has 2 N–H and O–H groups in total. The summed E-state index contributed by atoms with van der Waals surface area (Å²) >= 11 is 0. The van der Waals surface area contributed by atoms with Gasteiger partial charge in [-0.15, -0.1) is 0 Å². The van der Waals surface area contributed by atoms with Gasteiger partial charge in [0.05, 0.1) is 13.0 Å². The summed E-state index contributed by atoms with van der Waals surface area (Å²) in [7, 11) is 1.57. The minimum atomic E-state index is -1.44. The van der Waals surface area contributed by atoms with Crippen LogP contribution in [0.4, 0.5) is 11.4 Å². The first-order chi connectivity index (χ1) is 18.3. The molecule has 2 fully saturated rings. The number of ketones is 1.